The zero-order valence-corrected chi connectivity index (χ0v) is 14.6. The molecule has 0 aliphatic rings. The molecule has 0 atom stereocenters. The summed E-state index contributed by atoms with van der Waals surface area (Å²) in [6, 6.07) is 14.3. The SMILES string of the molecule is Cn1cc(Br)c(-c2cccc(NC(=O)c3ccc(Cl)cc3)c2)n1. The fraction of sp³-hybridized carbons (Fsp3) is 0.0588. The number of carbonyl (C=O) groups excluding carboxylic acids is 1. The second kappa shape index (κ2) is 6.56. The molecule has 3 rings (SSSR count). The molecule has 2 aromatic carbocycles. The maximum absolute atomic E-state index is 12.3. The molecule has 0 spiro atoms. The van der Waals surface area contributed by atoms with Crippen molar-refractivity contribution in [3.8, 4) is 11.3 Å². The molecule has 6 heteroatoms. The van der Waals surface area contributed by atoms with Crippen LogP contribution in [0, 0.1) is 0 Å². The Labute approximate surface area is 147 Å². The predicted octanol–water partition coefficient (Wildman–Crippen LogP) is 4.76. The van der Waals surface area contributed by atoms with Gasteiger partial charge in [0.25, 0.3) is 5.91 Å². The Morgan fingerprint density at radius 1 is 1.22 bits per heavy atom. The van der Waals surface area contributed by atoms with Gasteiger partial charge in [-0.1, -0.05) is 23.7 Å². The van der Waals surface area contributed by atoms with Crippen LogP contribution in [0.5, 0.6) is 0 Å². The van der Waals surface area contributed by atoms with Crippen LogP contribution in [0.2, 0.25) is 5.02 Å². The van der Waals surface area contributed by atoms with Gasteiger partial charge in [0.2, 0.25) is 0 Å². The van der Waals surface area contributed by atoms with E-state index in [9.17, 15) is 4.79 Å². The van der Waals surface area contributed by atoms with Crippen LogP contribution in [-0.4, -0.2) is 15.7 Å². The fourth-order valence-electron chi connectivity index (χ4n) is 2.20. The van der Waals surface area contributed by atoms with Gasteiger partial charge in [-0.25, -0.2) is 0 Å². The van der Waals surface area contributed by atoms with Crippen molar-refractivity contribution >= 4 is 39.1 Å². The van der Waals surface area contributed by atoms with Gasteiger partial charge in [0, 0.05) is 35.1 Å². The minimum atomic E-state index is -0.182. The monoisotopic (exact) mass is 389 g/mol. The lowest BCUT2D eigenvalue weighted by Gasteiger charge is -2.07. The lowest BCUT2D eigenvalue weighted by molar-refractivity contribution is 0.102. The number of nitrogens with zero attached hydrogens (tertiary/aromatic N) is 2. The van der Waals surface area contributed by atoms with Gasteiger partial charge in [-0.3, -0.25) is 9.48 Å². The van der Waals surface area contributed by atoms with Crippen LogP contribution in [0.4, 0.5) is 5.69 Å². The highest BCUT2D eigenvalue weighted by molar-refractivity contribution is 9.10. The van der Waals surface area contributed by atoms with E-state index in [0.717, 1.165) is 15.7 Å². The molecule has 0 bridgehead atoms. The van der Waals surface area contributed by atoms with Crippen molar-refractivity contribution in [3.63, 3.8) is 0 Å². The van der Waals surface area contributed by atoms with Gasteiger partial charge in [-0.15, -0.1) is 0 Å². The highest BCUT2D eigenvalue weighted by Gasteiger charge is 2.10. The van der Waals surface area contributed by atoms with Crippen molar-refractivity contribution in [2.24, 2.45) is 7.05 Å². The summed E-state index contributed by atoms with van der Waals surface area (Å²) in [5.74, 6) is -0.182. The average molecular weight is 391 g/mol. The van der Waals surface area contributed by atoms with Gasteiger partial charge < -0.3 is 5.32 Å². The molecule has 1 aromatic heterocycles. The molecular weight excluding hydrogens is 378 g/mol. The van der Waals surface area contributed by atoms with Crippen LogP contribution in [0.3, 0.4) is 0 Å². The van der Waals surface area contributed by atoms with Crippen molar-refractivity contribution in [3.05, 3.63) is 69.8 Å². The molecule has 1 amide bonds. The van der Waals surface area contributed by atoms with E-state index in [4.69, 9.17) is 11.6 Å². The van der Waals surface area contributed by atoms with Crippen LogP contribution in [-0.2, 0) is 7.05 Å². The highest BCUT2D eigenvalue weighted by Crippen LogP contribution is 2.28. The Balaban J connectivity index is 1.84. The van der Waals surface area contributed by atoms with Crippen LogP contribution in [0.1, 0.15) is 10.4 Å². The number of rotatable bonds is 3. The van der Waals surface area contributed by atoms with E-state index in [1.54, 1.807) is 28.9 Å². The van der Waals surface area contributed by atoms with Gasteiger partial charge in [0.1, 0.15) is 5.69 Å². The van der Waals surface area contributed by atoms with E-state index < -0.39 is 0 Å². The minimum absolute atomic E-state index is 0.182. The van der Waals surface area contributed by atoms with Crippen LogP contribution in [0.15, 0.2) is 59.2 Å². The summed E-state index contributed by atoms with van der Waals surface area (Å²) in [5, 5.41) is 7.89. The Bertz CT molecular complexity index is 859. The van der Waals surface area contributed by atoms with E-state index in [1.165, 1.54) is 0 Å². The molecule has 3 aromatic rings. The first-order chi connectivity index (χ1) is 11.0. The smallest absolute Gasteiger partial charge is 0.255 e. The van der Waals surface area contributed by atoms with Crippen molar-refractivity contribution in [1.29, 1.82) is 0 Å². The van der Waals surface area contributed by atoms with E-state index >= 15 is 0 Å². The quantitative estimate of drug-likeness (QED) is 0.701. The Morgan fingerprint density at radius 3 is 2.61 bits per heavy atom. The molecule has 0 radical (unpaired) electrons. The third-order valence-electron chi connectivity index (χ3n) is 3.28. The summed E-state index contributed by atoms with van der Waals surface area (Å²) in [5.41, 5.74) is 3.01. The van der Waals surface area contributed by atoms with Gasteiger partial charge in [0.15, 0.2) is 0 Å². The largest absolute Gasteiger partial charge is 0.322 e. The summed E-state index contributed by atoms with van der Waals surface area (Å²) in [7, 11) is 1.86. The molecule has 0 aliphatic carbocycles. The Morgan fingerprint density at radius 2 is 1.96 bits per heavy atom. The number of hydrogen-bond acceptors (Lipinski definition) is 2. The van der Waals surface area contributed by atoms with Crippen LogP contribution >= 0.6 is 27.5 Å². The highest BCUT2D eigenvalue weighted by atomic mass is 79.9. The number of halogens is 2. The van der Waals surface area contributed by atoms with E-state index in [2.05, 4.69) is 26.3 Å². The number of aromatic nitrogens is 2. The maximum Gasteiger partial charge on any atom is 0.255 e. The molecule has 4 nitrogen and oxygen atoms in total. The van der Waals surface area contributed by atoms with Crippen molar-refractivity contribution in [1.82, 2.24) is 9.78 Å². The zero-order chi connectivity index (χ0) is 16.4. The zero-order valence-electron chi connectivity index (χ0n) is 12.3. The third kappa shape index (κ3) is 3.63. The van der Waals surface area contributed by atoms with Crippen molar-refractivity contribution in [2.75, 3.05) is 5.32 Å². The molecule has 1 N–H and O–H groups in total. The van der Waals surface area contributed by atoms with Crippen molar-refractivity contribution < 1.29 is 4.79 Å². The van der Waals surface area contributed by atoms with E-state index in [-0.39, 0.29) is 5.91 Å². The van der Waals surface area contributed by atoms with Crippen molar-refractivity contribution in [2.45, 2.75) is 0 Å². The van der Waals surface area contributed by atoms with E-state index in [0.29, 0.717) is 16.3 Å². The second-order valence-electron chi connectivity index (χ2n) is 5.04. The fourth-order valence-corrected chi connectivity index (χ4v) is 2.93. The molecule has 0 saturated heterocycles. The number of amides is 1. The maximum atomic E-state index is 12.3. The summed E-state index contributed by atoms with van der Waals surface area (Å²) >= 11 is 9.33. The number of anilines is 1. The van der Waals surface area contributed by atoms with Gasteiger partial charge in [0.05, 0.1) is 4.47 Å². The summed E-state index contributed by atoms with van der Waals surface area (Å²) in [6.07, 6.45) is 1.88. The summed E-state index contributed by atoms with van der Waals surface area (Å²) < 4.78 is 2.64. The molecule has 116 valence electrons. The number of benzene rings is 2. The lowest BCUT2D eigenvalue weighted by atomic mass is 10.1. The van der Waals surface area contributed by atoms with Gasteiger partial charge in [-0.05, 0) is 52.3 Å². The normalized spacial score (nSPS) is 10.6. The molecule has 0 fully saturated rings. The molecule has 0 saturated carbocycles. The Hall–Kier alpha value is -2.11. The number of carbonyl (C=O) groups is 1. The average Bonchev–Trinajstić information content (AvgIpc) is 2.87. The molecule has 0 unspecified atom stereocenters. The first-order valence-corrected chi connectivity index (χ1v) is 8.06. The van der Waals surface area contributed by atoms with Crippen LogP contribution < -0.4 is 5.32 Å². The molecule has 0 aliphatic heterocycles. The standard InChI is InChI=1S/C17H13BrClN3O/c1-22-10-15(18)16(21-22)12-3-2-4-14(9-12)20-17(23)11-5-7-13(19)8-6-11/h2-10H,1H3,(H,20,23). The lowest BCUT2D eigenvalue weighted by Crippen LogP contribution is -2.11. The third-order valence-corrected chi connectivity index (χ3v) is 4.12. The Kier molecular flexibility index (Phi) is 4.50. The van der Waals surface area contributed by atoms with E-state index in [1.807, 2.05) is 37.5 Å². The molecular formula is C17H13BrClN3O. The first kappa shape index (κ1) is 15.8. The minimum Gasteiger partial charge on any atom is -0.322 e. The second-order valence-corrected chi connectivity index (χ2v) is 6.33. The number of nitrogens with one attached hydrogen (secondary N) is 1. The van der Waals surface area contributed by atoms with Gasteiger partial charge in [-0.2, -0.15) is 5.10 Å². The predicted molar refractivity (Wildman–Crippen MR) is 95.7 cm³/mol. The first-order valence-electron chi connectivity index (χ1n) is 6.89. The summed E-state index contributed by atoms with van der Waals surface area (Å²) in [4.78, 5) is 12.3. The van der Waals surface area contributed by atoms with Crippen LogP contribution in [0.25, 0.3) is 11.3 Å². The topological polar surface area (TPSA) is 46.9 Å². The molecule has 1 heterocycles. The number of hydrogen-bond donors (Lipinski definition) is 1. The molecule has 23 heavy (non-hydrogen) atoms. The number of aryl methyl sites for hydroxylation is 1. The summed E-state index contributed by atoms with van der Waals surface area (Å²) in [6.45, 7) is 0. The van der Waals surface area contributed by atoms with Gasteiger partial charge >= 0.3 is 0 Å².